The number of hydrogen-bond donors (Lipinski definition) is 2. The summed E-state index contributed by atoms with van der Waals surface area (Å²) in [6.45, 7) is 2.50. The summed E-state index contributed by atoms with van der Waals surface area (Å²) in [7, 11) is 0. The number of aromatic nitrogens is 2. The highest BCUT2D eigenvalue weighted by Gasteiger charge is 2.58. The zero-order valence-corrected chi connectivity index (χ0v) is 14.5. The number of amides is 2. The molecule has 0 unspecified atom stereocenters. The maximum atomic E-state index is 13.0. The van der Waals surface area contributed by atoms with Crippen LogP contribution < -0.4 is 10.9 Å². The predicted octanol–water partition coefficient (Wildman–Crippen LogP) is 1.67. The summed E-state index contributed by atoms with van der Waals surface area (Å²) in [4.78, 5) is 45.6. The van der Waals surface area contributed by atoms with Crippen LogP contribution in [0.5, 0.6) is 0 Å². The molecule has 1 aromatic heterocycles. The molecule has 0 radical (unpaired) electrons. The molecule has 2 N–H and O–H groups in total. The Kier molecular flexibility index (Phi) is 3.86. The van der Waals surface area contributed by atoms with Crippen LogP contribution in [0.3, 0.4) is 0 Å². The molecule has 4 rings (SSSR count). The average Bonchev–Trinajstić information content (AvgIpc) is 3.15. The second-order valence-electron chi connectivity index (χ2n) is 6.83. The minimum absolute atomic E-state index is 0.0490. The van der Waals surface area contributed by atoms with Gasteiger partial charge in [-0.25, -0.2) is 0 Å². The number of benzene rings is 1. The van der Waals surface area contributed by atoms with Crippen LogP contribution in [0, 0.1) is 0 Å². The van der Waals surface area contributed by atoms with Gasteiger partial charge in [0, 0.05) is 12.2 Å². The molecule has 7 heteroatoms. The molecular weight excluding hydrogens is 332 g/mol. The van der Waals surface area contributed by atoms with Gasteiger partial charge in [0.1, 0.15) is 5.69 Å². The van der Waals surface area contributed by atoms with Gasteiger partial charge in [-0.3, -0.25) is 19.4 Å². The lowest BCUT2D eigenvalue weighted by Gasteiger charge is -2.33. The number of hydrogen-bond acceptors (Lipinski definition) is 4. The zero-order chi connectivity index (χ0) is 18.3. The molecule has 7 nitrogen and oxygen atoms in total. The first kappa shape index (κ1) is 16.5. The lowest BCUT2D eigenvalue weighted by atomic mass is 9.73. The summed E-state index contributed by atoms with van der Waals surface area (Å²) in [5.41, 5.74) is 0.786. The first-order valence-electron chi connectivity index (χ1n) is 8.84. The summed E-state index contributed by atoms with van der Waals surface area (Å²) < 4.78 is 0. The van der Waals surface area contributed by atoms with E-state index in [-0.39, 0.29) is 23.6 Å². The molecule has 2 amide bonds. The Morgan fingerprint density at radius 1 is 1.31 bits per heavy atom. The Hall–Kier alpha value is -2.96. The Morgan fingerprint density at radius 2 is 2.12 bits per heavy atom. The van der Waals surface area contributed by atoms with Crippen molar-refractivity contribution < 1.29 is 9.59 Å². The average molecular weight is 352 g/mol. The maximum Gasteiger partial charge on any atom is 0.272 e. The van der Waals surface area contributed by atoms with Crippen molar-refractivity contribution in [3.63, 3.8) is 0 Å². The van der Waals surface area contributed by atoms with Gasteiger partial charge >= 0.3 is 0 Å². The topological polar surface area (TPSA) is 95.2 Å². The van der Waals surface area contributed by atoms with Crippen LogP contribution in [-0.2, 0) is 10.2 Å². The number of nitrogens with one attached hydrogen (secondary N) is 2. The van der Waals surface area contributed by atoms with Gasteiger partial charge in [-0.15, -0.1) is 0 Å². The van der Waals surface area contributed by atoms with Gasteiger partial charge in [0.05, 0.1) is 23.9 Å². The molecule has 1 saturated heterocycles. The lowest BCUT2D eigenvalue weighted by Crippen LogP contribution is -2.49. The Balaban J connectivity index is 1.77. The Bertz CT molecular complexity index is 938. The van der Waals surface area contributed by atoms with Gasteiger partial charge in [0.2, 0.25) is 5.91 Å². The molecule has 26 heavy (non-hydrogen) atoms. The first-order valence-corrected chi connectivity index (χ1v) is 8.84. The van der Waals surface area contributed by atoms with E-state index in [9.17, 15) is 14.4 Å². The molecule has 1 fully saturated rings. The van der Waals surface area contributed by atoms with E-state index in [2.05, 4.69) is 15.3 Å². The molecule has 0 aliphatic carbocycles. The molecule has 1 aromatic carbocycles. The number of para-hydroxylation sites is 1. The summed E-state index contributed by atoms with van der Waals surface area (Å²) in [5, 5.41) is 2.98. The van der Waals surface area contributed by atoms with Crippen molar-refractivity contribution in [1.29, 1.82) is 0 Å². The number of rotatable bonds is 3. The van der Waals surface area contributed by atoms with Gasteiger partial charge < -0.3 is 15.2 Å². The van der Waals surface area contributed by atoms with Crippen molar-refractivity contribution >= 4 is 17.5 Å². The van der Waals surface area contributed by atoms with E-state index in [1.807, 2.05) is 31.2 Å². The summed E-state index contributed by atoms with van der Waals surface area (Å²) in [6, 6.07) is 7.43. The molecule has 2 aromatic rings. The Morgan fingerprint density at radius 3 is 2.88 bits per heavy atom. The highest BCUT2D eigenvalue weighted by atomic mass is 16.2. The summed E-state index contributed by atoms with van der Waals surface area (Å²) in [5.74, 6) is -0.338. The van der Waals surface area contributed by atoms with E-state index in [0.717, 1.165) is 23.9 Å². The number of fused-ring (bicyclic) bond motifs is 2. The van der Waals surface area contributed by atoms with Crippen LogP contribution in [0.25, 0.3) is 0 Å². The van der Waals surface area contributed by atoms with Gasteiger partial charge in [0.25, 0.3) is 11.5 Å². The molecular formula is C19H20N4O3. The number of anilines is 1. The fraction of sp³-hybridized carbons (Fsp3) is 0.368. The van der Waals surface area contributed by atoms with E-state index < -0.39 is 11.0 Å². The molecule has 134 valence electrons. The molecule has 2 aliphatic rings. The van der Waals surface area contributed by atoms with Crippen LogP contribution in [-0.4, -0.2) is 39.3 Å². The van der Waals surface area contributed by atoms with Gasteiger partial charge in [-0.1, -0.05) is 31.5 Å². The zero-order valence-electron chi connectivity index (χ0n) is 14.5. The normalized spacial score (nSPS) is 24.0. The van der Waals surface area contributed by atoms with Gasteiger partial charge in [-0.05, 0) is 24.5 Å². The quantitative estimate of drug-likeness (QED) is 0.878. The van der Waals surface area contributed by atoms with E-state index in [1.54, 1.807) is 4.90 Å². The monoisotopic (exact) mass is 352 g/mol. The molecule has 0 bridgehead atoms. The van der Waals surface area contributed by atoms with Crippen molar-refractivity contribution in [3.8, 4) is 0 Å². The third-order valence-corrected chi connectivity index (χ3v) is 5.46. The molecule has 2 aliphatic heterocycles. The Labute approximate surface area is 150 Å². The second kappa shape index (κ2) is 6.09. The van der Waals surface area contributed by atoms with Crippen LogP contribution in [0.15, 0.2) is 41.5 Å². The highest BCUT2D eigenvalue weighted by Crippen LogP contribution is 2.49. The SMILES string of the molecule is CCC[C@@H]1N(C(=O)c2cncc(=O)[nH]2)CC[C@@]12C(=O)Nc1ccccc12. The predicted molar refractivity (Wildman–Crippen MR) is 96.0 cm³/mol. The molecule has 3 heterocycles. The molecule has 1 spiro atoms. The third kappa shape index (κ3) is 2.27. The molecule has 0 saturated carbocycles. The largest absolute Gasteiger partial charge is 0.333 e. The van der Waals surface area contributed by atoms with Gasteiger partial charge in [-0.2, -0.15) is 0 Å². The smallest absolute Gasteiger partial charge is 0.272 e. The minimum Gasteiger partial charge on any atom is -0.333 e. The molecule has 2 atom stereocenters. The van der Waals surface area contributed by atoms with E-state index in [1.165, 1.54) is 6.20 Å². The summed E-state index contributed by atoms with van der Waals surface area (Å²) in [6.07, 6.45) is 4.61. The minimum atomic E-state index is -0.731. The maximum absolute atomic E-state index is 13.0. The van der Waals surface area contributed by atoms with E-state index >= 15 is 0 Å². The second-order valence-corrected chi connectivity index (χ2v) is 6.83. The van der Waals surface area contributed by atoms with Crippen molar-refractivity contribution in [2.45, 2.75) is 37.6 Å². The van der Waals surface area contributed by atoms with Crippen LogP contribution in [0.4, 0.5) is 5.69 Å². The van der Waals surface area contributed by atoms with Crippen molar-refractivity contribution in [2.75, 3.05) is 11.9 Å². The summed E-state index contributed by atoms with van der Waals surface area (Å²) >= 11 is 0. The van der Waals surface area contributed by atoms with Crippen molar-refractivity contribution in [3.05, 3.63) is 58.3 Å². The van der Waals surface area contributed by atoms with Crippen LogP contribution >= 0.6 is 0 Å². The number of H-pyrrole nitrogens is 1. The fourth-order valence-electron chi connectivity index (χ4n) is 4.36. The van der Waals surface area contributed by atoms with Crippen LogP contribution in [0.1, 0.15) is 42.2 Å². The fourth-order valence-corrected chi connectivity index (χ4v) is 4.36. The first-order chi connectivity index (χ1) is 12.6. The number of carbonyl (C=O) groups is 2. The highest BCUT2D eigenvalue weighted by molar-refractivity contribution is 6.08. The van der Waals surface area contributed by atoms with E-state index in [4.69, 9.17) is 0 Å². The van der Waals surface area contributed by atoms with Crippen molar-refractivity contribution in [1.82, 2.24) is 14.9 Å². The number of carbonyl (C=O) groups excluding carboxylic acids is 2. The van der Waals surface area contributed by atoms with Gasteiger partial charge in [0.15, 0.2) is 0 Å². The number of likely N-dealkylation sites (tertiary alicyclic amines) is 1. The standard InChI is InChI=1S/C19H20N4O3/c1-2-5-15-19(12-6-3-4-7-13(12)22-18(19)26)8-9-23(15)17(25)14-10-20-11-16(24)21-14/h3-4,6-7,10-11,15H,2,5,8-9H2,1H3,(H,21,24)(H,22,26)/t15-,19-/m0/s1. The number of nitrogens with zero attached hydrogens (tertiary/aromatic N) is 2. The lowest BCUT2D eigenvalue weighted by molar-refractivity contribution is -0.121. The van der Waals surface area contributed by atoms with Crippen LogP contribution in [0.2, 0.25) is 0 Å². The third-order valence-electron chi connectivity index (χ3n) is 5.46. The van der Waals surface area contributed by atoms with Crippen molar-refractivity contribution in [2.24, 2.45) is 0 Å². The van der Waals surface area contributed by atoms with E-state index in [0.29, 0.717) is 19.4 Å². The number of aromatic amines is 1.